The Hall–Kier alpha value is -2.74. The van der Waals surface area contributed by atoms with Gasteiger partial charge in [-0.3, -0.25) is 4.79 Å². The lowest BCUT2D eigenvalue weighted by Crippen LogP contribution is -2.36. The van der Waals surface area contributed by atoms with Crippen molar-refractivity contribution >= 4 is 33.2 Å². The van der Waals surface area contributed by atoms with Crippen molar-refractivity contribution in [3.63, 3.8) is 0 Å². The molecule has 0 spiro atoms. The van der Waals surface area contributed by atoms with Gasteiger partial charge < -0.3 is 5.32 Å². The predicted octanol–water partition coefficient (Wildman–Crippen LogP) is 4.79. The van der Waals surface area contributed by atoms with E-state index in [4.69, 9.17) is 11.6 Å². The third kappa shape index (κ3) is 4.49. The van der Waals surface area contributed by atoms with Crippen LogP contribution in [0.15, 0.2) is 65.6 Å². The van der Waals surface area contributed by atoms with Crippen LogP contribution in [0.4, 0.5) is 10.1 Å². The number of sulfonamides is 1. The van der Waals surface area contributed by atoms with Gasteiger partial charge in [0, 0.05) is 18.8 Å². The van der Waals surface area contributed by atoms with Gasteiger partial charge in [0.15, 0.2) is 0 Å². The summed E-state index contributed by atoms with van der Waals surface area (Å²) in [5, 5.41) is 2.77. The Kier molecular flexibility index (Phi) is 5.83. The molecule has 1 aliphatic heterocycles. The molecule has 160 valence electrons. The zero-order valence-corrected chi connectivity index (χ0v) is 18.3. The number of rotatable bonds is 4. The number of hydrogen-bond acceptors (Lipinski definition) is 3. The largest absolute Gasteiger partial charge is 0.322 e. The first-order chi connectivity index (χ1) is 14.7. The molecule has 0 radical (unpaired) electrons. The maximum absolute atomic E-state index is 13.2. The lowest BCUT2D eigenvalue weighted by atomic mass is 10.0. The number of hydrogen-bond donors (Lipinski definition) is 1. The summed E-state index contributed by atoms with van der Waals surface area (Å²) in [6.07, 6.45) is 0.582. The number of benzene rings is 3. The molecule has 0 saturated carbocycles. The maximum atomic E-state index is 13.2. The van der Waals surface area contributed by atoms with Crippen LogP contribution >= 0.6 is 11.6 Å². The summed E-state index contributed by atoms with van der Waals surface area (Å²) < 4.78 is 40.7. The smallest absolute Gasteiger partial charge is 0.257 e. The van der Waals surface area contributed by atoms with Crippen molar-refractivity contribution in [2.45, 2.75) is 24.8 Å². The highest BCUT2D eigenvalue weighted by Crippen LogP contribution is 2.28. The fourth-order valence-corrected chi connectivity index (χ4v) is 5.22. The summed E-state index contributed by atoms with van der Waals surface area (Å²) in [6.45, 7) is 2.51. The van der Waals surface area contributed by atoms with Crippen LogP contribution in [0, 0.1) is 12.7 Å². The van der Waals surface area contributed by atoms with Crippen molar-refractivity contribution in [2.24, 2.45) is 0 Å². The number of nitrogens with zero attached hydrogens (tertiary/aromatic N) is 1. The topological polar surface area (TPSA) is 66.5 Å². The van der Waals surface area contributed by atoms with Crippen LogP contribution in [-0.4, -0.2) is 25.2 Å². The van der Waals surface area contributed by atoms with Gasteiger partial charge in [-0.25, -0.2) is 12.8 Å². The molecule has 5 nitrogen and oxygen atoms in total. The zero-order chi connectivity index (χ0) is 22.2. The number of halogens is 2. The van der Waals surface area contributed by atoms with E-state index in [2.05, 4.69) is 5.32 Å². The van der Waals surface area contributed by atoms with Gasteiger partial charge in [-0.1, -0.05) is 35.4 Å². The number of carbonyl (C=O) groups is 1. The highest BCUT2D eigenvalue weighted by Gasteiger charge is 2.28. The van der Waals surface area contributed by atoms with E-state index in [1.165, 1.54) is 16.4 Å². The van der Waals surface area contributed by atoms with Crippen molar-refractivity contribution in [3.8, 4) is 0 Å². The van der Waals surface area contributed by atoms with Crippen molar-refractivity contribution in [1.82, 2.24) is 4.31 Å². The fourth-order valence-electron chi connectivity index (χ4n) is 3.55. The van der Waals surface area contributed by atoms with Gasteiger partial charge in [-0.2, -0.15) is 4.31 Å². The van der Waals surface area contributed by atoms with Crippen LogP contribution < -0.4 is 5.32 Å². The molecule has 3 aromatic rings. The summed E-state index contributed by atoms with van der Waals surface area (Å²) in [5.74, 6) is -0.991. The van der Waals surface area contributed by atoms with Gasteiger partial charge in [-0.05, 0) is 66.9 Å². The Bertz CT molecular complexity index is 1260. The van der Waals surface area contributed by atoms with Crippen molar-refractivity contribution < 1.29 is 17.6 Å². The molecular formula is C23H20ClFN2O3S. The van der Waals surface area contributed by atoms with Crippen LogP contribution in [0.5, 0.6) is 0 Å². The third-order valence-corrected chi connectivity index (χ3v) is 7.45. The number of anilines is 1. The molecule has 1 N–H and O–H groups in total. The molecule has 8 heteroatoms. The quantitative estimate of drug-likeness (QED) is 0.611. The number of carbonyl (C=O) groups excluding carboxylic acids is 1. The van der Waals surface area contributed by atoms with Gasteiger partial charge in [0.05, 0.1) is 15.5 Å². The van der Waals surface area contributed by atoms with E-state index < -0.39 is 21.7 Å². The first kappa shape index (κ1) is 21.5. The summed E-state index contributed by atoms with van der Waals surface area (Å²) >= 11 is 5.97. The SMILES string of the molecule is Cc1ccc(S(=O)(=O)N2CCc3ccc(NC(=O)c4ccc(F)cc4Cl)cc3C2)cc1. The van der Waals surface area contributed by atoms with Crippen LogP contribution in [0.2, 0.25) is 5.02 Å². The second-order valence-corrected chi connectivity index (χ2v) is 9.81. The zero-order valence-electron chi connectivity index (χ0n) is 16.7. The molecule has 31 heavy (non-hydrogen) atoms. The molecule has 0 bridgehead atoms. The minimum atomic E-state index is -3.62. The molecule has 1 amide bonds. The number of nitrogens with one attached hydrogen (secondary N) is 1. The number of amides is 1. The molecule has 0 saturated heterocycles. The minimum Gasteiger partial charge on any atom is -0.322 e. The van der Waals surface area contributed by atoms with Crippen LogP contribution in [0.25, 0.3) is 0 Å². The Morgan fingerprint density at radius 2 is 1.77 bits per heavy atom. The van der Waals surface area contributed by atoms with Gasteiger partial charge in [0.2, 0.25) is 10.0 Å². The Balaban J connectivity index is 1.55. The van der Waals surface area contributed by atoms with Crippen molar-refractivity contribution in [1.29, 1.82) is 0 Å². The van der Waals surface area contributed by atoms with Crippen LogP contribution in [0.1, 0.15) is 27.0 Å². The Morgan fingerprint density at radius 1 is 1.03 bits per heavy atom. The second-order valence-electron chi connectivity index (χ2n) is 7.46. The molecule has 0 atom stereocenters. The van der Waals surface area contributed by atoms with Crippen molar-refractivity contribution in [2.75, 3.05) is 11.9 Å². The Labute approximate surface area is 185 Å². The second kappa shape index (κ2) is 8.42. The van der Waals surface area contributed by atoms with Crippen LogP contribution in [0.3, 0.4) is 0 Å². The molecule has 1 aliphatic rings. The lowest BCUT2D eigenvalue weighted by molar-refractivity contribution is 0.102. The van der Waals surface area contributed by atoms with Gasteiger partial charge >= 0.3 is 0 Å². The highest BCUT2D eigenvalue weighted by atomic mass is 35.5. The molecule has 0 aliphatic carbocycles. The van der Waals surface area contributed by atoms with E-state index in [-0.39, 0.29) is 22.0 Å². The monoisotopic (exact) mass is 458 g/mol. The first-order valence-electron chi connectivity index (χ1n) is 9.69. The fraction of sp³-hybridized carbons (Fsp3) is 0.174. The number of aryl methyl sites for hydroxylation is 1. The standard InChI is InChI=1S/C23H20ClFN2O3S/c1-15-2-7-20(8-3-15)31(29,30)27-11-10-16-4-6-19(12-17(16)14-27)26-23(28)21-9-5-18(25)13-22(21)24/h2-9,12-13H,10-11,14H2,1H3,(H,26,28). The van der Waals surface area contributed by atoms with E-state index >= 15 is 0 Å². The average Bonchev–Trinajstić information content (AvgIpc) is 2.73. The maximum Gasteiger partial charge on any atom is 0.257 e. The third-order valence-electron chi connectivity index (χ3n) is 5.28. The summed E-state index contributed by atoms with van der Waals surface area (Å²) in [7, 11) is -3.62. The summed E-state index contributed by atoms with van der Waals surface area (Å²) in [6, 6.07) is 15.8. The highest BCUT2D eigenvalue weighted by molar-refractivity contribution is 7.89. The van der Waals surface area contributed by atoms with Gasteiger partial charge in [-0.15, -0.1) is 0 Å². The molecule has 4 rings (SSSR count). The van der Waals surface area contributed by atoms with Crippen molar-refractivity contribution in [3.05, 3.63) is 93.8 Å². The molecular weight excluding hydrogens is 439 g/mol. The van der Waals surface area contributed by atoms with Crippen LogP contribution in [-0.2, 0) is 23.0 Å². The first-order valence-corrected chi connectivity index (χ1v) is 11.5. The molecule has 3 aromatic carbocycles. The minimum absolute atomic E-state index is 0.0193. The molecule has 0 unspecified atom stereocenters. The summed E-state index contributed by atoms with van der Waals surface area (Å²) in [4.78, 5) is 12.8. The number of fused-ring (bicyclic) bond motifs is 1. The molecule has 0 fully saturated rings. The van der Waals surface area contributed by atoms with E-state index in [1.807, 2.05) is 13.0 Å². The normalized spacial score (nSPS) is 14.2. The molecule has 1 heterocycles. The lowest BCUT2D eigenvalue weighted by Gasteiger charge is -2.28. The predicted molar refractivity (Wildman–Crippen MR) is 118 cm³/mol. The van der Waals surface area contributed by atoms with E-state index in [0.717, 1.165) is 22.8 Å². The molecule has 0 aromatic heterocycles. The Morgan fingerprint density at radius 3 is 2.48 bits per heavy atom. The van der Waals surface area contributed by atoms with E-state index in [9.17, 15) is 17.6 Å². The van der Waals surface area contributed by atoms with Gasteiger partial charge in [0.1, 0.15) is 5.82 Å². The average molecular weight is 459 g/mol. The van der Waals surface area contributed by atoms with E-state index in [0.29, 0.717) is 18.7 Å². The van der Waals surface area contributed by atoms with E-state index in [1.54, 1.807) is 36.4 Å². The van der Waals surface area contributed by atoms with Gasteiger partial charge in [0.25, 0.3) is 5.91 Å². The summed E-state index contributed by atoms with van der Waals surface area (Å²) in [5.41, 5.74) is 3.52.